The molecule has 0 atom stereocenters. The van der Waals surface area contributed by atoms with Gasteiger partial charge in [0, 0.05) is 18.5 Å². The Morgan fingerprint density at radius 1 is 1.38 bits per heavy atom. The van der Waals surface area contributed by atoms with Crippen molar-refractivity contribution >= 4 is 11.7 Å². The third kappa shape index (κ3) is 2.94. The molecule has 1 saturated heterocycles. The highest BCUT2D eigenvalue weighted by Gasteiger charge is 2.36. The number of likely N-dealkylation sites (tertiary alicyclic amines) is 1. The Morgan fingerprint density at radius 2 is 2.00 bits per heavy atom. The number of hydrogen-bond acceptors (Lipinski definition) is 4. The summed E-state index contributed by atoms with van der Waals surface area (Å²) in [6, 6.07) is 5.03. The van der Waals surface area contributed by atoms with E-state index in [0.717, 1.165) is 5.56 Å². The van der Waals surface area contributed by atoms with E-state index in [-0.39, 0.29) is 22.9 Å². The SMILES string of the molecule is Cc1ccc(C(=O)N2CCC(C)(/C(N)=N/O)CC2)c(O)c1. The number of hydrogen-bond donors (Lipinski definition) is 3. The lowest BCUT2D eigenvalue weighted by Gasteiger charge is -2.38. The van der Waals surface area contributed by atoms with Gasteiger partial charge in [0.05, 0.1) is 5.56 Å². The molecule has 6 nitrogen and oxygen atoms in total. The highest BCUT2D eigenvalue weighted by molar-refractivity contribution is 5.97. The molecular weight excluding hydrogens is 270 g/mol. The lowest BCUT2D eigenvalue weighted by Crippen LogP contribution is -2.47. The molecule has 21 heavy (non-hydrogen) atoms. The normalized spacial score (nSPS) is 18.6. The third-order valence-corrected chi connectivity index (χ3v) is 4.26. The summed E-state index contributed by atoms with van der Waals surface area (Å²) in [5.74, 6) is 0.0200. The van der Waals surface area contributed by atoms with Crippen LogP contribution < -0.4 is 5.73 Å². The summed E-state index contributed by atoms with van der Waals surface area (Å²) in [6.45, 7) is 4.81. The van der Waals surface area contributed by atoms with Crippen LogP contribution in [0.1, 0.15) is 35.7 Å². The molecule has 1 heterocycles. The maximum Gasteiger partial charge on any atom is 0.257 e. The van der Waals surface area contributed by atoms with Gasteiger partial charge in [0.2, 0.25) is 0 Å². The molecule has 0 radical (unpaired) electrons. The van der Waals surface area contributed by atoms with Crippen LogP contribution >= 0.6 is 0 Å². The number of aryl methyl sites for hydroxylation is 1. The van der Waals surface area contributed by atoms with Gasteiger partial charge in [0.25, 0.3) is 5.91 Å². The first kappa shape index (κ1) is 15.2. The molecule has 1 fully saturated rings. The average Bonchev–Trinajstić information content (AvgIpc) is 2.46. The molecule has 1 amide bonds. The lowest BCUT2D eigenvalue weighted by atomic mass is 9.79. The molecule has 0 unspecified atom stereocenters. The van der Waals surface area contributed by atoms with E-state index in [9.17, 15) is 9.90 Å². The van der Waals surface area contributed by atoms with E-state index < -0.39 is 0 Å². The van der Waals surface area contributed by atoms with Crippen LogP contribution in [0.4, 0.5) is 0 Å². The van der Waals surface area contributed by atoms with Crippen LogP contribution in [0.2, 0.25) is 0 Å². The second-order valence-electron chi connectivity index (χ2n) is 5.86. The van der Waals surface area contributed by atoms with Gasteiger partial charge >= 0.3 is 0 Å². The van der Waals surface area contributed by atoms with Crippen molar-refractivity contribution in [1.29, 1.82) is 0 Å². The number of phenolic OH excluding ortho intramolecular Hbond substituents is 1. The molecule has 1 aliphatic heterocycles. The van der Waals surface area contributed by atoms with Gasteiger partial charge in [-0.3, -0.25) is 4.79 Å². The first-order chi connectivity index (χ1) is 9.87. The Kier molecular flexibility index (Phi) is 4.06. The van der Waals surface area contributed by atoms with E-state index in [1.165, 1.54) is 0 Å². The van der Waals surface area contributed by atoms with E-state index in [1.54, 1.807) is 23.1 Å². The fourth-order valence-electron chi connectivity index (χ4n) is 2.57. The van der Waals surface area contributed by atoms with E-state index >= 15 is 0 Å². The molecule has 114 valence electrons. The molecule has 4 N–H and O–H groups in total. The number of oxime groups is 1. The van der Waals surface area contributed by atoms with Crippen LogP contribution in [-0.2, 0) is 0 Å². The number of rotatable bonds is 2. The van der Waals surface area contributed by atoms with Crippen LogP contribution in [0.5, 0.6) is 5.75 Å². The highest BCUT2D eigenvalue weighted by Crippen LogP contribution is 2.32. The van der Waals surface area contributed by atoms with Crippen molar-refractivity contribution in [1.82, 2.24) is 4.90 Å². The number of nitrogens with two attached hydrogens (primary N) is 1. The average molecular weight is 291 g/mol. The zero-order valence-electron chi connectivity index (χ0n) is 12.3. The summed E-state index contributed by atoms with van der Waals surface area (Å²) in [6.07, 6.45) is 1.25. The quantitative estimate of drug-likeness (QED) is 0.334. The smallest absolute Gasteiger partial charge is 0.257 e. The summed E-state index contributed by atoms with van der Waals surface area (Å²) in [4.78, 5) is 14.1. The van der Waals surface area contributed by atoms with Gasteiger partial charge in [-0.15, -0.1) is 0 Å². The van der Waals surface area contributed by atoms with Gasteiger partial charge < -0.3 is 20.9 Å². The number of carbonyl (C=O) groups excluding carboxylic acids is 1. The standard InChI is InChI=1S/C15H21N3O3/c1-10-3-4-11(12(19)9-10)13(20)18-7-5-15(2,6-8-18)14(16)17-21/h3-4,9,19,21H,5-8H2,1-2H3,(H2,16,17). The van der Waals surface area contributed by atoms with Crippen molar-refractivity contribution in [2.45, 2.75) is 26.7 Å². The molecule has 2 rings (SSSR count). The van der Waals surface area contributed by atoms with Gasteiger partial charge in [0.15, 0.2) is 0 Å². The largest absolute Gasteiger partial charge is 0.507 e. The van der Waals surface area contributed by atoms with Crippen LogP contribution in [0.3, 0.4) is 0 Å². The zero-order chi connectivity index (χ0) is 15.6. The summed E-state index contributed by atoms with van der Waals surface area (Å²) in [5, 5.41) is 21.8. The number of amides is 1. The number of benzene rings is 1. The molecule has 0 saturated carbocycles. The first-order valence-corrected chi connectivity index (χ1v) is 6.94. The molecule has 0 bridgehead atoms. The minimum Gasteiger partial charge on any atom is -0.507 e. The summed E-state index contributed by atoms with van der Waals surface area (Å²) in [7, 11) is 0. The van der Waals surface area contributed by atoms with Crippen molar-refractivity contribution < 1.29 is 15.1 Å². The van der Waals surface area contributed by atoms with Crippen LogP contribution in [-0.4, -0.2) is 40.0 Å². The van der Waals surface area contributed by atoms with Crippen LogP contribution in [0, 0.1) is 12.3 Å². The Labute approximate surface area is 123 Å². The Morgan fingerprint density at radius 3 is 2.52 bits per heavy atom. The molecule has 6 heteroatoms. The zero-order valence-corrected chi connectivity index (χ0v) is 12.3. The summed E-state index contributed by atoms with van der Waals surface area (Å²) < 4.78 is 0. The number of aromatic hydroxyl groups is 1. The topological polar surface area (TPSA) is 99.2 Å². The van der Waals surface area contributed by atoms with Crippen LogP contribution in [0.25, 0.3) is 0 Å². The molecular formula is C15H21N3O3. The second-order valence-corrected chi connectivity index (χ2v) is 5.86. The molecule has 0 aromatic heterocycles. The fourth-order valence-corrected chi connectivity index (χ4v) is 2.57. The minimum absolute atomic E-state index is 0.00442. The maximum absolute atomic E-state index is 12.4. The number of piperidine rings is 1. The summed E-state index contributed by atoms with van der Waals surface area (Å²) >= 11 is 0. The second kappa shape index (κ2) is 5.63. The highest BCUT2D eigenvalue weighted by atomic mass is 16.4. The molecule has 0 aliphatic carbocycles. The Balaban J connectivity index is 2.10. The van der Waals surface area contributed by atoms with Crippen molar-refractivity contribution in [3.8, 4) is 5.75 Å². The van der Waals surface area contributed by atoms with Crippen molar-refractivity contribution in [2.75, 3.05) is 13.1 Å². The molecule has 1 aliphatic rings. The third-order valence-electron chi connectivity index (χ3n) is 4.26. The molecule has 1 aromatic rings. The van der Waals surface area contributed by atoms with Crippen molar-refractivity contribution in [2.24, 2.45) is 16.3 Å². The number of nitrogens with zero attached hydrogens (tertiary/aromatic N) is 2. The molecule has 0 spiro atoms. The summed E-state index contributed by atoms with van der Waals surface area (Å²) in [5.41, 5.74) is 6.54. The predicted octanol–water partition coefficient (Wildman–Crippen LogP) is 1.69. The Hall–Kier alpha value is -2.24. The van der Waals surface area contributed by atoms with Gasteiger partial charge in [-0.25, -0.2) is 0 Å². The van der Waals surface area contributed by atoms with Crippen LogP contribution in [0.15, 0.2) is 23.4 Å². The van der Waals surface area contributed by atoms with Gasteiger partial charge in [0.1, 0.15) is 11.6 Å². The monoisotopic (exact) mass is 291 g/mol. The van der Waals surface area contributed by atoms with Gasteiger partial charge in [-0.05, 0) is 37.5 Å². The Bertz CT molecular complexity index is 576. The van der Waals surface area contributed by atoms with E-state index in [0.29, 0.717) is 31.5 Å². The number of phenols is 1. The predicted molar refractivity (Wildman–Crippen MR) is 79.5 cm³/mol. The van der Waals surface area contributed by atoms with Crippen molar-refractivity contribution in [3.63, 3.8) is 0 Å². The fraction of sp³-hybridized carbons (Fsp3) is 0.467. The van der Waals surface area contributed by atoms with E-state index in [1.807, 2.05) is 13.8 Å². The lowest BCUT2D eigenvalue weighted by molar-refractivity contribution is 0.0663. The number of carbonyl (C=O) groups is 1. The minimum atomic E-state index is -0.388. The first-order valence-electron chi connectivity index (χ1n) is 6.94. The molecule has 1 aromatic carbocycles. The van der Waals surface area contributed by atoms with E-state index in [4.69, 9.17) is 10.9 Å². The number of amidine groups is 1. The van der Waals surface area contributed by atoms with Crippen molar-refractivity contribution in [3.05, 3.63) is 29.3 Å². The van der Waals surface area contributed by atoms with E-state index in [2.05, 4.69) is 5.16 Å². The maximum atomic E-state index is 12.4. The van der Waals surface area contributed by atoms with Gasteiger partial charge in [-0.1, -0.05) is 18.1 Å². The van der Waals surface area contributed by atoms with Gasteiger partial charge in [-0.2, -0.15) is 0 Å².